The average Bonchev–Trinajstić information content (AvgIpc) is 2.83. The van der Waals surface area contributed by atoms with Gasteiger partial charge < -0.3 is 4.57 Å². The number of amides is 1. The quantitative estimate of drug-likeness (QED) is 0.678. The molecule has 0 aliphatic heterocycles. The third kappa shape index (κ3) is 3.42. The number of carbonyl (C=O) groups excluding carboxylic acids is 1. The summed E-state index contributed by atoms with van der Waals surface area (Å²) in [5.41, 5.74) is 2.44. The lowest BCUT2D eigenvalue weighted by Gasteiger charge is -2.03. The number of aromatic nitrogens is 1. The lowest BCUT2D eigenvalue weighted by atomic mass is 10.1. The van der Waals surface area contributed by atoms with Crippen LogP contribution in [-0.2, 0) is 7.05 Å². The fourth-order valence-corrected chi connectivity index (χ4v) is 3.49. The molecule has 0 aliphatic carbocycles. The molecule has 0 saturated carbocycles. The van der Waals surface area contributed by atoms with Crippen molar-refractivity contribution in [3.05, 3.63) is 64.2 Å². The normalized spacial score (nSPS) is 11.7. The van der Waals surface area contributed by atoms with E-state index >= 15 is 0 Å². The zero-order chi connectivity index (χ0) is 17.3. The Labute approximate surface area is 147 Å². The van der Waals surface area contributed by atoms with Gasteiger partial charge in [-0.05, 0) is 49.5 Å². The van der Waals surface area contributed by atoms with Gasteiger partial charge in [0.25, 0.3) is 5.91 Å². The Morgan fingerprint density at radius 3 is 2.67 bits per heavy atom. The molecule has 4 nitrogen and oxygen atoms in total. The Bertz CT molecular complexity index is 1000. The minimum atomic E-state index is -0.307. The minimum absolute atomic E-state index is 0.0724. The molecule has 0 saturated heterocycles. The molecule has 1 amide bonds. The summed E-state index contributed by atoms with van der Waals surface area (Å²) in [6.45, 7) is 1.95. The minimum Gasteiger partial charge on any atom is -0.319 e. The van der Waals surface area contributed by atoms with Gasteiger partial charge in [-0.1, -0.05) is 29.0 Å². The van der Waals surface area contributed by atoms with Crippen molar-refractivity contribution in [3.8, 4) is 0 Å². The molecule has 0 bridgehead atoms. The average molecular weight is 359 g/mol. The Kier molecular flexibility index (Phi) is 4.55. The van der Waals surface area contributed by atoms with Crippen molar-refractivity contribution in [2.24, 2.45) is 12.0 Å². The number of thiazole rings is 1. The van der Waals surface area contributed by atoms with Crippen molar-refractivity contribution in [3.63, 3.8) is 0 Å². The van der Waals surface area contributed by atoms with E-state index in [-0.39, 0.29) is 16.8 Å². The van der Waals surface area contributed by atoms with Crippen molar-refractivity contribution < 1.29 is 9.18 Å². The van der Waals surface area contributed by atoms with Crippen molar-refractivity contribution in [2.45, 2.75) is 6.92 Å². The smallest absolute Gasteiger partial charge is 0.257 e. The third-order valence-electron chi connectivity index (χ3n) is 3.50. The first kappa shape index (κ1) is 16.5. The van der Waals surface area contributed by atoms with E-state index < -0.39 is 0 Å². The van der Waals surface area contributed by atoms with E-state index in [0.717, 1.165) is 15.8 Å². The number of nitrogens with zero attached hydrogens (tertiary/aromatic N) is 2. The Morgan fingerprint density at radius 1 is 1.25 bits per heavy atom. The van der Waals surface area contributed by atoms with E-state index in [4.69, 9.17) is 12.2 Å². The molecule has 0 atom stereocenters. The van der Waals surface area contributed by atoms with Crippen LogP contribution < -0.4 is 10.1 Å². The number of nitrogens with one attached hydrogen (secondary N) is 1. The molecule has 0 spiro atoms. The van der Waals surface area contributed by atoms with Crippen LogP contribution in [0.5, 0.6) is 0 Å². The van der Waals surface area contributed by atoms with Crippen LogP contribution in [0.4, 0.5) is 4.39 Å². The number of halogens is 1. The molecule has 7 heteroatoms. The van der Waals surface area contributed by atoms with Crippen molar-refractivity contribution >= 4 is 44.8 Å². The molecule has 1 aromatic heterocycles. The first-order valence-corrected chi connectivity index (χ1v) is 8.38. The van der Waals surface area contributed by atoms with Crippen LogP contribution in [0.3, 0.4) is 0 Å². The summed E-state index contributed by atoms with van der Waals surface area (Å²) in [5.74, 6) is -0.607. The molecule has 122 valence electrons. The topological polar surface area (TPSA) is 46.4 Å². The fraction of sp³-hybridized carbons (Fsp3) is 0.118. The molecule has 3 rings (SSSR count). The SMILES string of the molecule is Cc1ccc(C(=O)NC(=S)N=c2sc3cc(F)ccc3n2C)cc1. The van der Waals surface area contributed by atoms with E-state index in [9.17, 15) is 9.18 Å². The molecule has 24 heavy (non-hydrogen) atoms. The maximum Gasteiger partial charge on any atom is 0.257 e. The second kappa shape index (κ2) is 6.62. The van der Waals surface area contributed by atoms with E-state index in [1.165, 1.54) is 23.5 Å². The lowest BCUT2D eigenvalue weighted by Crippen LogP contribution is -2.29. The zero-order valence-corrected chi connectivity index (χ0v) is 14.7. The standard InChI is InChI=1S/C17H14FN3OS2/c1-10-3-5-11(6-4-10)15(22)19-16(23)20-17-21(2)13-8-7-12(18)9-14(13)24-17/h3-9H,1-2H3,(H,19,22,23). The van der Waals surface area contributed by atoms with Crippen LogP contribution in [-0.4, -0.2) is 15.6 Å². The van der Waals surface area contributed by atoms with Gasteiger partial charge in [-0.2, -0.15) is 4.99 Å². The Hall–Kier alpha value is -2.38. The van der Waals surface area contributed by atoms with Gasteiger partial charge in [0.1, 0.15) is 5.82 Å². The monoisotopic (exact) mass is 359 g/mol. The van der Waals surface area contributed by atoms with Crippen LogP contribution in [0.25, 0.3) is 10.2 Å². The number of hydrogen-bond donors (Lipinski definition) is 1. The Morgan fingerprint density at radius 2 is 1.96 bits per heavy atom. The molecule has 0 aliphatic rings. The van der Waals surface area contributed by atoms with Crippen LogP contribution in [0.2, 0.25) is 0 Å². The number of rotatable bonds is 1. The molecular weight excluding hydrogens is 345 g/mol. The maximum atomic E-state index is 13.3. The van der Waals surface area contributed by atoms with Gasteiger partial charge in [-0.25, -0.2) is 4.39 Å². The van der Waals surface area contributed by atoms with Crippen molar-refractivity contribution in [1.82, 2.24) is 9.88 Å². The molecule has 1 N–H and O–H groups in total. The number of thiocarbonyl (C=S) groups is 1. The summed E-state index contributed by atoms with van der Waals surface area (Å²) in [5, 5.41) is 2.66. The summed E-state index contributed by atoms with van der Waals surface area (Å²) in [6.07, 6.45) is 0. The number of fused-ring (bicyclic) bond motifs is 1. The lowest BCUT2D eigenvalue weighted by molar-refractivity contribution is 0.0977. The highest BCUT2D eigenvalue weighted by molar-refractivity contribution is 7.80. The molecular formula is C17H14FN3OS2. The predicted molar refractivity (Wildman–Crippen MR) is 97.6 cm³/mol. The maximum absolute atomic E-state index is 13.3. The van der Waals surface area contributed by atoms with Crippen molar-refractivity contribution in [1.29, 1.82) is 0 Å². The van der Waals surface area contributed by atoms with E-state index in [1.807, 2.05) is 30.7 Å². The van der Waals surface area contributed by atoms with Gasteiger partial charge in [0.2, 0.25) is 5.11 Å². The summed E-state index contributed by atoms with van der Waals surface area (Å²) in [6, 6.07) is 11.7. The number of carbonyl (C=O) groups is 1. The third-order valence-corrected chi connectivity index (χ3v) is 4.79. The highest BCUT2D eigenvalue weighted by atomic mass is 32.1. The van der Waals surface area contributed by atoms with E-state index in [1.54, 1.807) is 18.2 Å². The predicted octanol–water partition coefficient (Wildman–Crippen LogP) is 3.30. The molecule has 2 aromatic carbocycles. The second-order valence-corrected chi connectivity index (χ2v) is 6.69. The van der Waals surface area contributed by atoms with Gasteiger partial charge in [-0.3, -0.25) is 10.1 Å². The molecule has 3 aromatic rings. The largest absolute Gasteiger partial charge is 0.319 e. The fourth-order valence-electron chi connectivity index (χ4n) is 2.20. The number of hydrogen-bond acceptors (Lipinski definition) is 3. The first-order valence-electron chi connectivity index (χ1n) is 7.16. The molecule has 0 radical (unpaired) electrons. The van der Waals surface area contributed by atoms with Gasteiger partial charge in [0.15, 0.2) is 4.80 Å². The summed E-state index contributed by atoms with van der Waals surface area (Å²) < 4.78 is 15.9. The van der Waals surface area contributed by atoms with Gasteiger partial charge >= 0.3 is 0 Å². The number of aryl methyl sites for hydroxylation is 2. The van der Waals surface area contributed by atoms with E-state index in [0.29, 0.717) is 10.4 Å². The Balaban J connectivity index is 1.85. The first-order chi connectivity index (χ1) is 11.4. The number of benzene rings is 2. The molecule has 0 fully saturated rings. The van der Waals surface area contributed by atoms with Crippen LogP contribution in [0.1, 0.15) is 15.9 Å². The summed E-state index contributed by atoms with van der Waals surface area (Å²) >= 11 is 6.46. The zero-order valence-electron chi connectivity index (χ0n) is 13.0. The summed E-state index contributed by atoms with van der Waals surface area (Å²) in [7, 11) is 1.82. The van der Waals surface area contributed by atoms with E-state index in [2.05, 4.69) is 10.3 Å². The molecule has 0 unspecified atom stereocenters. The van der Waals surface area contributed by atoms with Crippen LogP contribution >= 0.6 is 23.6 Å². The van der Waals surface area contributed by atoms with Gasteiger partial charge in [0.05, 0.1) is 10.2 Å². The van der Waals surface area contributed by atoms with Crippen LogP contribution in [0, 0.1) is 12.7 Å². The highest BCUT2D eigenvalue weighted by Gasteiger charge is 2.08. The molecule has 1 heterocycles. The van der Waals surface area contributed by atoms with Gasteiger partial charge in [0, 0.05) is 12.6 Å². The van der Waals surface area contributed by atoms with Gasteiger partial charge in [-0.15, -0.1) is 0 Å². The van der Waals surface area contributed by atoms with Crippen LogP contribution in [0.15, 0.2) is 47.5 Å². The summed E-state index contributed by atoms with van der Waals surface area (Å²) in [4.78, 5) is 17.0. The highest BCUT2D eigenvalue weighted by Crippen LogP contribution is 2.17. The van der Waals surface area contributed by atoms with Crippen molar-refractivity contribution in [2.75, 3.05) is 0 Å². The second-order valence-electron chi connectivity index (χ2n) is 5.29.